The van der Waals surface area contributed by atoms with Gasteiger partial charge in [-0.2, -0.15) is 0 Å². The first-order valence-corrected chi connectivity index (χ1v) is 6.75. The van der Waals surface area contributed by atoms with E-state index in [2.05, 4.69) is 32.1 Å². The largest absolute Gasteiger partial charge is 0.497 e. The van der Waals surface area contributed by atoms with Crippen molar-refractivity contribution < 1.29 is 9.84 Å². The summed E-state index contributed by atoms with van der Waals surface area (Å²) in [5, 5.41) is 9.06. The number of halogens is 1. The van der Waals surface area contributed by atoms with Crippen LogP contribution in [0.5, 0.6) is 5.75 Å². The summed E-state index contributed by atoms with van der Waals surface area (Å²) < 4.78 is 8.16. The molecule has 0 fully saturated rings. The van der Waals surface area contributed by atoms with E-state index in [9.17, 15) is 0 Å². The number of aliphatic hydroxyl groups is 1. The summed E-state index contributed by atoms with van der Waals surface area (Å²) in [6, 6.07) is 7.97. The van der Waals surface area contributed by atoms with Gasteiger partial charge in [-0.05, 0) is 40.3 Å². The second kappa shape index (κ2) is 6.19. The first kappa shape index (κ1) is 13.4. The van der Waals surface area contributed by atoms with Gasteiger partial charge in [-0.1, -0.05) is 12.1 Å². The second-order valence-corrected chi connectivity index (χ2v) is 4.95. The Bertz CT molecular complexity index is 508. The summed E-state index contributed by atoms with van der Waals surface area (Å²) >= 11 is 2.20. The zero-order chi connectivity index (χ0) is 13.0. The molecule has 0 bridgehead atoms. The van der Waals surface area contributed by atoms with E-state index in [-0.39, 0.29) is 6.61 Å². The molecular formula is C13H15IN2O2. The van der Waals surface area contributed by atoms with Crippen molar-refractivity contribution in [3.63, 3.8) is 0 Å². The average Bonchev–Trinajstić information content (AvgIpc) is 2.73. The van der Waals surface area contributed by atoms with Crippen molar-refractivity contribution in [2.45, 2.75) is 13.0 Å². The first-order valence-electron chi connectivity index (χ1n) is 5.68. The minimum atomic E-state index is 0.143. The van der Waals surface area contributed by atoms with E-state index < -0.39 is 0 Å². The van der Waals surface area contributed by atoms with Crippen LogP contribution in [0.2, 0.25) is 0 Å². The Morgan fingerprint density at radius 1 is 1.33 bits per heavy atom. The van der Waals surface area contributed by atoms with E-state index in [1.165, 1.54) is 5.56 Å². The first-order chi connectivity index (χ1) is 8.74. The summed E-state index contributed by atoms with van der Waals surface area (Å²) in [7, 11) is 1.66. The summed E-state index contributed by atoms with van der Waals surface area (Å²) in [6.07, 6.45) is 2.45. The average molecular weight is 358 g/mol. The molecule has 0 aliphatic heterocycles. The van der Waals surface area contributed by atoms with Crippen molar-refractivity contribution in [3.8, 4) is 5.75 Å². The molecule has 0 radical (unpaired) electrons. The molecule has 2 rings (SSSR count). The van der Waals surface area contributed by atoms with Crippen molar-refractivity contribution >= 4 is 22.6 Å². The summed E-state index contributed by atoms with van der Waals surface area (Å²) in [6.45, 7) is 0.902. The number of methoxy groups -OCH3 is 1. The number of imidazole rings is 1. The minimum absolute atomic E-state index is 0.143. The highest BCUT2D eigenvalue weighted by Gasteiger charge is 2.08. The van der Waals surface area contributed by atoms with Gasteiger partial charge in [0.05, 0.1) is 19.1 Å². The van der Waals surface area contributed by atoms with Crippen LogP contribution in [0.3, 0.4) is 0 Å². The van der Waals surface area contributed by atoms with Gasteiger partial charge in [0.1, 0.15) is 9.45 Å². The summed E-state index contributed by atoms with van der Waals surface area (Å²) in [4.78, 5) is 4.28. The van der Waals surface area contributed by atoms with E-state index in [4.69, 9.17) is 9.84 Å². The molecule has 1 aromatic carbocycles. The van der Waals surface area contributed by atoms with Crippen LogP contribution < -0.4 is 4.74 Å². The van der Waals surface area contributed by atoms with E-state index in [0.717, 1.165) is 21.7 Å². The van der Waals surface area contributed by atoms with Crippen LogP contribution >= 0.6 is 22.6 Å². The molecule has 0 spiro atoms. The molecule has 1 N–H and O–H groups in total. The normalized spacial score (nSPS) is 10.6. The number of nitrogens with zero attached hydrogens (tertiary/aromatic N) is 2. The third kappa shape index (κ3) is 3.02. The fourth-order valence-corrected chi connectivity index (χ4v) is 2.50. The van der Waals surface area contributed by atoms with E-state index in [1.807, 2.05) is 30.6 Å². The molecule has 1 aromatic heterocycles. The molecule has 2 aromatic rings. The molecule has 18 heavy (non-hydrogen) atoms. The highest BCUT2D eigenvalue weighted by Crippen LogP contribution is 2.16. The van der Waals surface area contributed by atoms with Gasteiger partial charge in [-0.15, -0.1) is 0 Å². The molecule has 5 heteroatoms. The molecule has 0 aliphatic rings. The van der Waals surface area contributed by atoms with Crippen LogP contribution in [0.25, 0.3) is 0 Å². The Morgan fingerprint density at radius 2 is 2.06 bits per heavy atom. The molecule has 0 saturated carbocycles. The number of benzene rings is 1. The zero-order valence-corrected chi connectivity index (χ0v) is 12.3. The number of aliphatic hydroxyl groups excluding tert-OH is 1. The monoisotopic (exact) mass is 358 g/mol. The van der Waals surface area contributed by atoms with Gasteiger partial charge in [0.2, 0.25) is 0 Å². The zero-order valence-electron chi connectivity index (χ0n) is 10.1. The Hall–Kier alpha value is -1.08. The maximum Gasteiger partial charge on any atom is 0.122 e. The molecule has 0 saturated heterocycles. The van der Waals surface area contributed by atoms with Crippen molar-refractivity contribution in [3.05, 3.63) is 45.6 Å². The number of aromatic nitrogens is 2. The lowest BCUT2D eigenvalue weighted by molar-refractivity contribution is 0.296. The van der Waals surface area contributed by atoms with Gasteiger partial charge >= 0.3 is 0 Å². The number of hydrogen-bond donors (Lipinski definition) is 1. The lowest BCUT2D eigenvalue weighted by Crippen LogP contribution is -2.06. The summed E-state index contributed by atoms with van der Waals surface area (Å²) in [5.74, 6) is 0.856. The molecule has 0 atom stereocenters. The van der Waals surface area contributed by atoms with Gasteiger partial charge in [0, 0.05) is 19.6 Å². The topological polar surface area (TPSA) is 47.3 Å². The van der Waals surface area contributed by atoms with Gasteiger partial charge < -0.3 is 14.4 Å². The molecule has 4 nitrogen and oxygen atoms in total. The maximum atomic E-state index is 9.06. The highest BCUT2D eigenvalue weighted by atomic mass is 127. The lowest BCUT2D eigenvalue weighted by atomic mass is 10.2. The van der Waals surface area contributed by atoms with E-state index in [1.54, 1.807) is 7.11 Å². The van der Waals surface area contributed by atoms with Gasteiger partial charge in [0.25, 0.3) is 0 Å². The summed E-state index contributed by atoms with van der Waals surface area (Å²) in [5.41, 5.74) is 2.26. The van der Waals surface area contributed by atoms with Crippen molar-refractivity contribution in [1.82, 2.24) is 9.55 Å². The quantitative estimate of drug-likeness (QED) is 0.833. The molecule has 96 valence electrons. The lowest BCUT2D eigenvalue weighted by Gasteiger charge is -2.08. The van der Waals surface area contributed by atoms with Crippen LogP contribution in [-0.2, 0) is 13.0 Å². The Kier molecular flexibility index (Phi) is 4.60. The fourth-order valence-electron chi connectivity index (χ4n) is 1.80. The van der Waals surface area contributed by atoms with Crippen molar-refractivity contribution in [1.29, 1.82) is 0 Å². The third-order valence-electron chi connectivity index (χ3n) is 2.76. The van der Waals surface area contributed by atoms with Crippen molar-refractivity contribution in [2.24, 2.45) is 0 Å². The van der Waals surface area contributed by atoms with Gasteiger partial charge in [-0.3, -0.25) is 0 Å². The molecule has 1 heterocycles. The molecule has 0 aliphatic carbocycles. The van der Waals surface area contributed by atoms with Gasteiger partial charge in [-0.25, -0.2) is 4.98 Å². The molecular weight excluding hydrogens is 343 g/mol. The third-order valence-corrected chi connectivity index (χ3v) is 3.66. The van der Waals surface area contributed by atoms with E-state index in [0.29, 0.717) is 6.42 Å². The Labute approximate surface area is 120 Å². The predicted octanol–water partition coefficient (Wildman–Crippen LogP) is 2.08. The van der Waals surface area contributed by atoms with Crippen LogP contribution in [-0.4, -0.2) is 28.4 Å². The van der Waals surface area contributed by atoms with Crippen molar-refractivity contribution in [2.75, 3.05) is 13.7 Å². The molecule has 0 unspecified atom stereocenters. The second-order valence-electron chi connectivity index (χ2n) is 3.93. The van der Waals surface area contributed by atoms with Crippen LogP contribution in [0.1, 0.15) is 11.3 Å². The van der Waals surface area contributed by atoms with Crippen LogP contribution in [0.15, 0.2) is 30.6 Å². The number of hydrogen-bond acceptors (Lipinski definition) is 3. The SMILES string of the molecule is COc1ccc(Cn2cnc(I)c2CCO)cc1. The highest BCUT2D eigenvalue weighted by molar-refractivity contribution is 14.1. The smallest absolute Gasteiger partial charge is 0.122 e. The number of rotatable bonds is 5. The Morgan fingerprint density at radius 3 is 2.67 bits per heavy atom. The number of ether oxygens (including phenoxy) is 1. The fraction of sp³-hybridized carbons (Fsp3) is 0.308. The molecule has 0 amide bonds. The maximum absolute atomic E-state index is 9.06. The predicted molar refractivity (Wildman–Crippen MR) is 77.8 cm³/mol. The van der Waals surface area contributed by atoms with Crippen LogP contribution in [0, 0.1) is 3.70 Å². The van der Waals surface area contributed by atoms with Crippen LogP contribution in [0.4, 0.5) is 0 Å². The van der Waals surface area contributed by atoms with Gasteiger partial charge in [0.15, 0.2) is 0 Å². The minimum Gasteiger partial charge on any atom is -0.497 e. The van der Waals surface area contributed by atoms with E-state index >= 15 is 0 Å². The Balaban J connectivity index is 2.17. The standard InChI is InChI=1S/C13H15IN2O2/c1-18-11-4-2-10(3-5-11)8-16-9-15-13(14)12(16)6-7-17/h2-5,9,17H,6-8H2,1H3.